The van der Waals surface area contributed by atoms with Crippen molar-refractivity contribution in [3.05, 3.63) is 0 Å². The molecule has 4 heteroatoms. The number of hydrogen-bond donors (Lipinski definition) is 0. The van der Waals surface area contributed by atoms with Crippen molar-refractivity contribution in [2.45, 2.75) is 6.55 Å². The van der Waals surface area contributed by atoms with Crippen molar-refractivity contribution in [3.8, 4) is 0 Å². The van der Waals surface area contributed by atoms with Crippen LogP contribution in [0.25, 0.3) is 0 Å². The second-order valence-corrected chi connectivity index (χ2v) is 7.18. The molecule has 0 atom stereocenters. The molecule has 0 aromatic rings. The Labute approximate surface area is 40.5 Å². The van der Waals surface area contributed by atoms with Gasteiger partial charge in [-0.25, -0.2) is 0 Å². The van der Waals surface area contributed by atoms with E-state index in [0.717, 1.165) is 0 Å². The maximum atomic E-state index is 11.4. The third-order valence-electron chi connectivity index (χ3n) is 0. The average Bonchev–Trinajstić information content (AvgIpc) is 0.722. The van der Waals surface area contributed by atoms with Crippen molar-refractivity contribution in [2.24, 2.45) is 0 Å². The minimum atomic E-state index is -3.17. The largest absolute Gasteiger partial charge is 0.430 e. The van der Waals surface area contributed by atoms with E-state index in [1.54, 1.807) is 0 Å². The third-order valence-corrected chi connectivity index (χ3v) is 0. The maximum absolute atomic E-state index is 11.4. The average molecular weight is 133 g/mol. The first-order valence-corrected chi connectivity index (χ1v) is 5.47. The van der Waals surface area contributed by atoms with Gasteiger partial charge < -0.3 is 0 Å². The van der Waals surface area contributed by atoms with Gasteiger partial charge >= 0.3 is 7.03 Å². The lowest BCUT2D eigenvalue weighted by Crippen LogP contribution is -1.99. The third kappa shape index (κ3) is 66.5. The smallest absolute Gasteiger partial charge is 0.272 e. The van der Waals surface area contributed by atoms with Crippen LogP contribution in [0.2, 0.25) is 6.55 Å². The van der Waals surface area contributed by atoms with Gasteiger partial charge in [0.2, 0.25) is 0 Å². The van der Waals surface area contributed by atoms with Crippen LogP contribution >= 0.6 is 22.2 Å². The Morgan fingerprint density at radius 1 is 1.60 bits per heavy atom. The maximum Gasteiger partial charge on any atom is 0.430 e. The molecule has 0 aliphatic rings. The van der Waals surface area contributed by atoms with Crippen molar-refractivity contribution < 1.29 is 4.11 Å². The molecule has 0 fully saturated rings. The number of halogens is 3. The van der Waals surface area contributed by atoms with E-state index >= 15 is 0 Å². The summed E-state index contributed by atoms with van der Waals surface area (Å²) in [6, 6.07) is 0. The molecule has 0 rings (SSSR count). The van der Waals surface area contributed by atoms with Crippen LogP contribution < -0.4 is 0 Å². The van der Waals surface area contributed by atoms with Crippen molar-refractivity contribution >= 4 is 29.2 Å². The van der Waals surface area contributed by atoms with Crippen LogP contribution in [-0.4, -0.2) is 7.03 Å². The summed E-state index contributed by atoms with van der Waals surface area (Å²) < 4.78 is 11.4. The fourth-order valence-electron chi connectivity index (χ4n) is 0. The van der Waals surface area contributed by atoms with Crippen LogP contribution in [0.5, 0.6) is 0 Å². The molecule has 0 amide bonds. The van der Waals surface area contributed by atoms with Gasteiger partial charge in [-0.1, -0.05) is 0 Å². The zero-order valence-corrected chi connectivity index (χ0v) is 5.15. The highest BCUT2D eigenvalue weighted by Gasteiger charge is 2.17. The zero-order valence-electron chi connectivity index (χ0n) is 2.63. The summed E-state index contributed by atoms with van der Waals surface area (Å²) >= 11 is 9.54. The summed E-state index contributed by atoms with van der Waals surface area (Å²) in [4.78, 5) is 0. The van der Waals surface area contributed by atoms with Crippen LogP contribution in [0.4, 0.5) is 4.11 Å². The quantitative estimate of drug-likeness (QED) is 0.350. The van der Waals surface area contributed by atoms with E-state index in [-0.39, 0.29) is 0 Å². The van der Waals surface area contributed by atoms with Crippen LogP contribution in [-0.2, 0) is 0 Å². The van der Waals surface area contributed by atoms with Crippen LogP contribution in [0.1, 0.15) is 0 Å². The van der Waals surface area contributed by atoms with Crippen LogP contribution in [0.15, 0.2) is 0 Å². The molecule has 0 N–H and O–H groups in total. The Morgan fingerprint density at radius 2 is 1.60 bits per heavy atom. The number of hydrogen-bond acceptors (Lipinski definition) is 0. The molecule has 0 bridgehead atoms. The van der Waals surface area contributed by atoms with Crippen molar-refractivity contribution in [3.63, 3.8) is 0 Å². The molecular weight excluding hydrogens is 130 g/mol. The fraction of sp³-hybridized carbons (Fsp3) is 1.00. The molecule has 0 aromatic carbocycles. The Morgan fingerprint density at radius 3 is 1.60 bits per heavy atom. The van der Waals surface area contributed by atoms with E-state index < -0.39 is 7.03 Å². The number of rotatable bonds is 0. The van der Waals surface area contributed by atoms with Crippen LogP contribution in [0, 0.1) is 0 Å². The lowest BCUT2D eigenvalue weighted by Gasteiger charge is -1.87. The molecule has 0 unspecified atom stereocenters. The van der Waals surface area contributed by atoms with Crippen molar-refractivity contribution in [2.75, 3.05) is 0 Å². The normalized spacial score (nSPS) is 12.0. The summed E-state index contributed by atoms with van der Waals surface area (Å²) in [6.45, 7) is 1.19. The van der Waals surface area contributed by atoms with E-state index in [2.05, 4.69) is 0 Å². The first kappa shape index (κ1) is 5.73. The van der Waals surface area contributed by atoms with Gasteiger partial charge in [-0.15, -0.1) is 22.2 Å². The zero-order chi connectivity index (χ0) is 4.50. The molecule has 0 spiro atoms. The monoisotopic (exact) mass is 132 g/mol. The van der Waals surface area contributed by atoms with Gasteiger partial charge in [-0.3, -0.25) is 4.11 Å². The summed E-state index contributed by atoms with van der Waals surface area (Å²) in [6.07, 6.45) is 0. The molecule has 0 saturated carbocycles. The highest BCUT2D eigenvalue weighted by molar-refractivity contribution is 7.41. The summed E-state index contributed by atoms with van der Waals surface area (Å²) in [5.74, 6) is 0. The fourth-order valence-corrected chi connectivity index (χ4v) is 0. The van der Waals surface area contributed by atoms with E-state index in [1.165, 1.54) is 6.55 Å². The van der Waals surface area contributed by atoms with Crippen molar-refractivity contribution in [1.82, 2.24) is 0 Å². The molecular formula is CH3Cl2FSi. The van der Waals surface area contributed by atoms with Gasteiger partial charge in [-0.2, -0.15) is 0 Å². The van der Waals surface area contributed by atoms with E-state index in [0.29, 0.717) is 0 Å². The first-order chi connectivity index (χ1) is 2.00. The van der Waals surface area contributed by atoms with Gasteiger partial charge in [0.15, 0.2) is 0 Å². The Hall–Kier alpha value is 0.727. The lowest BCUT2D eigenvalue weighted by molar-refractivity contribution is 0.856. The van der Waals surface area contributed by atoms with Crippen molar-refractivity contribution in [1.29, 1.82) is 0 Å². The predicted octanol–water partition coefficient (Wildman–Crippen LogP) is 2.00. The first-order valence-electron chi connectivity index (χ1n) is 1.07. The Kier molecular flexibility index (Phi) is 1.66. The van der Waals surface area contributed by atoms with E-state index in [1.807, 2.05) is 0 Å². The molecule has 32 valence electrons. The molecule has 0 aliphatic carbocycles. The minimum Gasteiger partial charge on any atom is -0.272 e. The Bertz CT molecular complexity index is 25.1. The van der Waals surface area contributed by atoms with E-state index in [4.69, 9.17) is 22.2 Å². The van der Waals surface area contributed by atoms with E-state index in [9.17, 15) is 4.11 Å². The SMILES string of the molecule is C[Si](F)(Cl)Cl. The van der Waals surface area contributed by atoms with Gasteiger partial charge in [-0.05, 0) is 6.55 Å². The summed E-state index contributed by atoms with van der Waals surface area (Å²) in [5.41, 5.74) is 0. The standard InChI is InChI=1S/CH3Cl2FSi/c1-5(2,3)4/h1H3. The van der Waals surface area contributed by atoms with Crippen LogP contribution in [0.3, 0.4) is 0 Å². The molecule has 0 aromatic heterocycles. The Balaban J connectivity index is 3.02. The molecule has 0 saturated heterocycles. The second kappa shape index (κ2) is 1.45. The highest BCUT2D eigenvalue weighted by atomic mass is 35.7. The molecule has 0 radical (unpaired) electrons. The predicted molar refractivity (Wildman–Crippen MR) is 24.4 cm³/mol. The van der Waals surface area contributed by atoms with Gasteiger partial charge in [0, 0.05) is 0 Å². The molecule has 0 nitrogen and oxygen atoms in total. The van der Waals surface area contributed by atoms with Gasteiger partial charge in [0.1, 0.15) is 0 Å². The summed E-state index contributed by atoms with van der Waals surface area (Å²) in [7, 11) is -3.17. The second-order valence-electron chi connectivity index (χ2n) is 0.781. The molecule has 0 heterocycles. The van der Waals surface area contributed by atoms with Gasteiger partial charge in [0.25, 0.3) is 0 Å². The van der Waals surface area contributed by atoms with Gasteiger partial charge in [0.05, 0.1) is 0 Å². The highest BCUT2D eigenvalue weighted by Crippen LogP contribution is 2.13. The molecule has 5 heavy (non-hydrogen) atoms. The summed E-state index contributed by atoms with van der Waals surface area (Å²) in [5, 5.41) is 0. The lowest BCUT2D eigenvalue weighted by atomic mass is 11.9. The topological polar surface area (TPSA) is 0 Å². The minimum absolute atomic E-state index is 1.19. The molecule has 0 aliphatic heterocycles.